The van der Waals surface area contributed by atoms with Gasteiger partial charge < -0.3 is 5.32 Å². The minimum absolute atomic E-state index is 0.630. The van der Waals surface area contributed by atoms with Crippen LogP contribution >= 0.6 is 0 Å². The van der Waals surface area contributed by atoms with E-state index in [-0.39, 0.29) is 0 Å². The van der Waals surface area contributed by atoms with Crippen LogP contribution in [0.3, 0.4) is 0 Å². The van der Waals surface area contributed by atoms with Crippen LogP contribution in [0.1, 0.15) is 37.4 Å². The van der Waals surface area contributed by atoms with Gasteiger partial charge in [0.25, 0.3) is 0 Å². The molecule has 15 heavy (non-hydrogen) atoms. The summed E-state index contributed by atoms with van der Waals surface area (Å²) in [5, 5.41) is 3.51. The average molecular weight is 204 g/mol. The molecule has 0 radical (unpaired) electrons. The third-order valence-corrected chi connectivity index (χ3v) is 3.49. The van der Waals surface area contributed by atoms with Crippen molar-refractivity contribution < 1.29 is 0 Å². The van der Waals surface area contributed by atoms with Crippen LogP contribution in [0.5, 0.6) is 0 Å². The summed E-state index contributed by atoms with van der Waals surface area (Å²) in [6.45, 7) is 6.42. The molecule has 0 atom stereocenters. The molecule has 1 heterocycles. The maximum absolute atomic E-state index is 4.38. The van der Waals surface area contributed by atoms with Gasteiger partial charge in [-0.15, -0.1) is 0 Å². The topological polar surface area (TPSA) is 24.9 Å². The van der Waals surface area contributed by atoms with E-state index in [1.165, 1.54) is 24.8 Å². The molecule has 1 saturated carbocycles. The molecule has 0 saturated heterocycles. The average Bonchev–Trinajstić information content (AvgIpc) is 3.02. The van der Waals surface area contributed by atoms with Gasteiger partial charge in [-0.1, -0.05) is 13.0 Å². The lowest BCUT2D eigenvalue weighted by molar-refractivity contribution is 0.442. The Hall–Kier alpha value is -0.890. The molecule has 0 bridgehead atoms. The quantitative estimate of drug-likeness (QED) is 0.797. The summed E-state index contributed by atoms with van der Waals surface area (Å²) >= 11 is 0. The Morgan fingerprint density at radius 2 is 2.20 bits per heavy atom. The Balaban J connectivity index is 1.76. The van der Waals surface area contributed by atoms with E-state index < -0.39 is 0 Å². The van der Waals surface area contributed by atoms with E-state index in [9.17, 15) is 0 Å². The summed E-state index contributed by atoms with van der Waals surface area (Å²) in [6, 6.07) is 4.23. The molecular weight excluding hydrogens is 184 g/mol. The van der Waals surface area contributed by atoms with E-state index in [0.717, 1.165) is 18.8 Å². The number of hydrogen-bond acceptors (Lipinski definition) is 2. The van der Waals surface area contributed by atoms with E-state index in [0.29, 0.717) is 5.41 Å². The summed E-state index contributed by atoms with van der Waals surface area (Å²) in [7, 11) is 0. The minimum Gasteiger partial charge on any atom is -0.311 e. The number of hydrogen-bond donors (Lipinski definition) is 1. The Kier molecular flexibility index (Phi) is 3.06. The molecule has 0 aromatic carbocycles. The highest BCUT2D eigenvalue weighted by Gasteiger charge is 2.39. The monoisotopic (exact) mass is 204 g/mol. The van der Waals surface area contributed by atoms with Crippen molar-refractivity contribution in [1.82, 2.24) is 10.3 Å². The fraction of sp³-hybridized carbons (Fsp3) is 0.615. The van der Waals surface area contributed by atoms with Crippen LogP contribution in [0, 0.1) is 12.3 Å². The van der Waals surface area contributed by atoms with E-state index >= 15 is 0 Å². The van der Waals surface area contributed by atoms with Crippen LogP contribution in [0.15, 0.2) is 18.3 Å². The van der Waals surface area contributed by atoms with Gasteiger partial charge in [0.05, 0.1) is 5.69 Å². The van der Waals surface area contributed by atoms with Gasteiger partial charge in [0.2, 0.25) is 0 Å². The second-order valence-corrected chi connectivity index (χ2v) is 4.78. The second-order valence-electron chi connectivity index (χ2n) is 4.78. The molecule has 1 aromatic rings. The lowest BCUT2D eigenvalue weighted by atomic mass is 10.0. The maximum atomic E-state index is 4.38. The summed E-state index contributed by atoms with van der Waals surface area (Å²) in [5.41, 5.74) is 3.00. The number of pyridine rings is 1. The minimum atomic E-state index is 0.630. The van der Waals surface area contributed by atoms with Crippen molar-refractivity contribution in [3.63, 3.8) is 0 Å². The third kappa shape index (κ3) is 2.78. The van der Waals surface area contributed by atoms with Crippen LogP contribution in [-0.4, -0.2) is 11.5 Å². The molecule has 0 amide bonds. The van der Waals surface area contributed by atoms with E-state index in [2.05, 4.69) is 36.3 Å². The first kappa shape index (κ1) is 10.6. The van der Waals surface area contributed by atoms with Crippen molar-refractivity contribution >= 4 is 0 Å². The Bertz CT molecular complexity index is 312. The molecule has 1 aromatic heterocycles. The summed E-state index contributed by atoms with van der Waals surface area (Å²) < 4.78 is 0. The largest absolute Gasteiger partial charge is 0.311 e. The molecule has 1 fully saturated rings. The van der Waals surface area contributed by atoms with Crippen LogP contribution < -0.4 is 5.32 Å². The highest BCUT2D eigenvalue weighted by Crippen LogP contribution is 2.47. The molecule has 1 aliphatic carbocycles. The van der Waals surface area contributed by atoms with Gasteiger partial charge >= 0.3 is 0 Å². The highest BCUT2D eigenvalue weighted by molar-refractivity contribution is 5.12. The van der Waals surface area contributed by atoms with Gasteiger partial charge in [0.15, 0.2) is 0 Å². The Labute approximate surface area is 92.1 Å². The van der Waals surface area contributed by atoms with E-state index in [1.807, 2.05) is 6.20 Å². The molecule has 2 rings (SSSR count). The smallest absolute Gasteiger partial charge is 0.0541 e. The third-order valence-electron chi connectivity index (χ3n) is 3.49. The summed E-state index contributed by atoms with van der Waals surface area (Å²) in [5.74, 6) is 0. The van der Waals surface area contributed by atoms with Crippen molar-refractivity contribution in [3.05, 3.63) is 29.6 Å². The lowest BCUT2D eigenvalue weighted by Gasteiger charge is -2.12. The number of nitrogens with one attached hydrogen (secondary N) is 1. The molecule has 0 unspecified atom stereocenters. The molecule has 1 aliphatic rings. The van der Waals surface area contributed by atoms with Crippen LogP contribution in [0.25, 0.3) is 0 Å². The number of nitrogens with zero attached hydrogens (tertiary/aromatic N) is 1. The van der Waals surface area contributed by atoms with Crippen molar-refractivity contribution in [3.8, 4) is 0 Å². The lowest BCUT2D eigenvalue weighted by Crippen LogP contribution is -2.23. The molecule has 2 nitrogen and oxygen atoms in total. The molecule has 1 N–H and O–H groups in total. The maximum Gasteiger partial charge on any atom is 0.0541 e. The second kappa shape index (κ2) is 4.31. The first-order chi connectivity index (χ1) is 7.24. The number of aromatic nitrogens is 1. The number of rotatable bonds is 5. The SMILES string of the molecule is CCC1(CNCc2ccc(C)cn2)CC1. The van der Waals surface area contributed by atoms with Crippen molar-refractivity contribution in [2.75, 3.05) is 6.54 Å². The molecule has 0 spiro atoms. The summed E-state index contributed by atoms with van der Waals surface area (Å²) in [6.07, 6.45) is 6.04. The molecule has 2 heteroatoms. The van der Waals surface area contributed by atoms with E-state index in [4.69, 9.17) is 0 Å². The van der Waals surface area contributed by atoms with Crippen molar-refractivity contribution in [2.24, 2.45) is 5.41 Å². The predicted molar refractivity (Wildman–Crippen MR) is 62.6 cm³/mol. The van der Waals surface area contributed by atoms with Crippen LogP contribution in [-0.2, 0) is 6.54 Å². The van der Waals surface area contributed by atoms with Crippen molar-refractivity contribution in [2.45, 2.75) is 39.7 Å². The Morgan fingerprint density at radius 1 is 1.40 bits per heavy atom. The predicted octanol–water partition coefficient (Wildman–Crippen LogP) is 2.67. The van der Waals surface area contributed by atoms with Gasteiger partial charge in [-0.3, -0.25) is 4.98 Å². The van der Waals surface area contributed by atoms with Gasteiger partial charge in [-0.05, 0) is 43.2 Å². The van der Waals surface area contributed by atoms with Crippen molar-refractivity contribution in [1.29, 1.82) is 0 Å². The summed E-state index contributed by atoms with van der Waals surface area (Å²) in [4.78, 5) is 4.38. The normalized spacial score (nSPS) is 17.7. The Morgan fingerprint density at radius 3 is 2.73 bits per heavy atom. The zero-order valence-electron chi connectivity index (χ0n) is 9.71. The zero-order valence-corrected chi connectivity index (χ0v) is 9.71. The van der Waals surface area contributed by atoms with Gasteiger partial charge in [0.1, 0.15) is 0 Å². The molecular formula is C13H20N2. The van der Waals surface area contributed by atoms with Crippen LogP contribution in [0.4, 0.5) is 0 Å². The number of aryl methyl sites for hydroxylation is 1. The van der Waals surface area contributed by atoms with Crippen LogP contribution in [0.2, 0.25) is 0 Å². The molecule has 82 valence electrons. The first-order valence-electron chi connectivity index (χ1n) is 5.86. The van der Waals surface area contributed by atoms with Gasteiger partial charge in [-0.2, -0.15) is 0 Å². The highest BCUT2D eigenvalue weighted by atomic mass is 14.9. The van der Waals surface area contributed by atoms with E-state index in [1.54, 1.807) is 0 Å². The fourth-order valence-electron chi connectivity index (χ4n) is 1.89. The first-order valence-corrected chi connectivity index (χ1v) is 5.86. The van der Waals surface area contributed by atoms with Gasteiger partial charge in [0, 0.05) is 19.3 Å². The standard InChI is InChI=1S/C13H20N2/c1-3-13(6-7-13)10-14-9-12-5-4-11(2)8-15-12/h4-5,8,14H,3,6-7,9-10H2,1-2H3. The fourth-order valence-corrected chi connectivity index (χ4v) is 1.89. The zero-order chi connectivity index (χ0) is 10.7. The molecule has 0 aliphatic heterocycles. The van der Waals surface area contributed by atoms with Gasteiger partial charge in [-0.25, -0.2) is 0 Å².